The highest BCUT2D eigenvalue weighted by Gasteiger charge is 2.12. The van der Waals surface area contributed by atoms with E-state index in [1.807, 2.05) is 6.92 Å². The van der Waals surface area contributed by atoms with Gasteiger partial charge in [0.15, 0.2) is 0 Å². The summed E-state index contributed by atoms with van der Waals surface area (Å²) in [7, 11) is -3.35. The third-order valence-electron chi connectivity index (χ3n) is 2.91. The van der Waals surface area contributed by atoms with Crippen LogP contribution < -0.4 is 10.5 Å². The van der Waals surface area contributed by atoms with Gasteiger partial charge in [0, 0.05) is 18.8 Å². The number of para-hydroxylation sites is 1. The Labute approximate surface area is 114 Å². The topological polar surface area (TPSA) is 92.4 Å². The number of benzene rings is 1. The van der Waals surface area contributed by atoms with Gasteiger partial charge in [-0.3, -0.25) is 0 Å². The lowest BCUT2D eigenvalue weighted by atomic mass is 10.1. The second kappa shape index (κ2) is 7.47. The molecule has 0 spiro atoms. The van der Waals surface area contributed by atoms with Gasteiger partial charge in [0.05, 0.1) is 5.75 Å². The molecule has 0 fully saturated rings. The predicted molar refractivity (Wildman–Crippen MR) is 77.0 cm³/mol. The van der Waals surface area contributed by atoms with E-state index in [0.717, 1.165) is 6.42 Å². The van der Waals surface area contributed by atoms with Crippen LogP contribution in [0, 0.1) is 5.92 Å². The van der Waals surface area contributed by atoms with Crippen molar-refractivity contribution < 1.29 is 13.5 Å². The lowest BCUT2D eigenvalue weighted by Gasteiger charge is -2.10. The zero-order valence-electron chi connectivity index (χ0n) is 11.2. The van der Waals surface area contributed by atoms with Crippen molar-refractivity contribution in [1.29, 1.82) is 0 Å². The van der Waals surface area contributed by atoms with E-state index in [4.69, 9.17) is 10.8 Å². The molecule has 0 bridgehead atoms. The van der Waals surface area contributed by atoms with Gasteiger partial charge in [-0.15, -0.1) is 0 Å². The zero-order valence-corrected chi connectivity index (χ0v) is 12.0. The molecule has 1 unspecified atom stereocenters. The van der Waals surface area contributed by atoms with Crippen LogP contribution >= 0.6 is 0 Å². The lowest BCUT2D eigenvalue weighted by Crippen LogP contribution is -2.26. The van der Waals surface area contributed by atoms with Crippen LogP contribution in [0.3, 0.4) is 0 Å². The molecule has 1 aromatic carbocycles. The Bertz CT molecular complexity index is 488. The van der Waals surface area contributed by atoms with Crippen molar-refractivity contribution in [3.63, 3.8) is 0 Å². The first-order chi connectivity index (χ1) is 8.94. The fourth-order valence-electron chi connectivity index (χ4n) is 1.69. The molecule has 108 valence electrons. The fraction of sp³-hybridized carbons (Fsp3) is 0.538. The molecule has 0 aliphatic heterocycles. The summed E-state index contributed by atoms with van der Waals surface area (Å²) in [5.74, 6) is 0.101. The number of hydrogen-bond donors (Lipinski definition) is 3. The molecule has 6 heteroatoms. The predicted octanol–water partition coefficient (Wildman–Crippen LogP) is 1.10. The Morgan fingerprint density at radius 2 is 2.05 bits per heavy atom. The fourth-order valence-corrected chi connectivity index (χ4v) is 2.92. The standard InChI is InChI=1S/C13H22N2O3S/c1-11(9-16)5-4-8-15-19(17,18)10-12-6-2-3-7-13(12)14/h2-3,6-7,11,15-16H,4-5,8-10,14H2,1H3. The quantitative estimate of drug-likeness (QED) is 0.493. The van der Waals surface area contributed by atoms with E-state index in [2.05, 4.69) is 4.72 Å². The summed E-state index contributed by atoms with van der Waals surface area (Å²) >= 11 is 0. The lowest BCUT2D eigenvalue weighted by molar-refractivity contribution is 0.228. The van der Waals surface area contributed by atoms with Gasteiger partial charge < -0.3 is 10.8 Å². The summed E-state index contributed by atoms with van der Waals surface area (Å²) in [6, 6.07) is 6.94. The van der Waals surface area contributed by atoms with Gasteiger partial charge in [-0.05, 0) is 30.4 Å². The van der Waals surface area contributed by atoms with Crippen LogP contribution in [0.25, 0.3) is 0 Å². The van der Waals surface area contributed by atoms with Crippen molar-refractivity contribution in [1.82, 2.24) is 4.72 Å². The molecule has 0 amide bonds. The Balaban J connectivity index is 2.43. The van der Waals surface area contributed by atoms with Gasteiger partial charge in [-0.2, -0.15) is 0 Å². The van der Waals surface area contributed by atoms with Crippen LogP contribution in [0.1, 0.15) is 25.3 Å². The first kappa shape index (κ1) is 15.9. The van der Waals surface area contributed by atoms with Crippen LogP contribution in [-0.4, -0.2) is 26.7 Å². The van der Waals surface area contributed by atoms with E-state index in [9.17, 15) is 8.42 Å². The van der Waals surface area contributed by atoms with Crippen LogP contribution in [0.2, 0.25) is 0 Å². The van der Waals surface area contributed by atoms with E-state index >= 15 is 0 Å². The van der Waals surface area contributed by atoms with E-state index < -0.39 is 10.0 Å². The van der Waals surface area contributed by atoms with Crippen LogP contribution in [-0.2, 0) is 15.8 Å². The summed E-state index contributed by atoms with van der Waals surface area (Å²) in [4.78, 5) is 0. The van der Waals surface area contributed by atoms with E-state index in [1.165, 1.54) is 0 Å². The number of aliphatic hydroxyl groups excluding tert-OH is 1. The Morgan fingerprint density at radius 1 is 1.37 bits per heavy atom. The van der Waals surface area contributed by atoms with E-state index in [0.29, 0.717) is 24.2 Å². The number of rotatable bonds is 8. The second-order valence-electron chi connectivity index (χ2n) is 4.78. The molecular formula is C13H22N2O3S. The van der Waals surface area contributed by atoms with Crippen molar-refractivity contribution in [3.8, 4) is 0 Å². The molecule has 0 saturated carbocycles. The average Bonchev–Trinajstić information content (AvgIpc) is 2.37. The molecule has 1 rings (SSSR count). The minimum atomic E-state index is -3.35. The number of aliphatic hydroxyl groups is 1. The summed E-state index contributed by atoms with van der Waals surface area (Å²) in [6.45, 7) is 2.45. The first-order valence-electron chi connectivity index (χ1n) is 6.36. The number of nitrogens with two attached hydrogens (primary N) is 1. The number of anilines is 1. The molecule has 4 N–H and O–H groups in total. The summed E-state index contributed by atoms with van der Waals surface area (Å²) in [6.07, 6.45) is 1.51. The highest BCUT2D eigenvalue weighted by atomic mass is 32.2. The number of hydrogen-bond acceptors (Lipinski definition) is 4. The van der Waals surface area contributed by atoms with E-state index in [1.54, 1.807) is 24.3 Å². The van der Waals surface area contributed by atoms with Crippen molar-refractivity contribution in [2.24, 2.45) is 5.92 Å². The molecule has 1 atom stereocenters. The molecule has 0 saturated heterocycles. The minimum Gasteiger partial charge on any atom is -0.398 e. The average molecular weight is 286 g/mol. The molecule has 1 aromatic rings. The second-order valence-corrected chi connectivity index (χ2v) is 6.59. The van der Waals surface area contributed by atoms with Crippen LogP contribution in [0.4, 0.5) is 5.69 Å². The molecule has 0 aliphatic carbocycles. The zero-order chi connectivity index (χ0) is 14.3. The Morgan fingerprint density at radius 3 is 2.68 bits per heavy atom. The smallest absolute Gasteiger partial charge is 0.215 e. The van der Waals surface area contributed by atoms with E-state index in [-0.39, 0.29) is 18.3 Å². The molecule has 19 heavy (non-hydrogen) atoms. The highest BCUT2D eigenvalue weighted by Crippen LogP contribution is 2.13. The van der Waals surface area contributed by atoms with Crippen LogP contribution in [0.5, 0.6) is 0 Å². The summed E-state index contributed by atoms with van der Waals surface area (Å²) < 4.78 is 26.2. The monoisotopic (exact) mass is 286 g/mol. The van der Waals surface area contributed by atoms with Crippen molar-refractivity contribution in [3.05, 3.63) is 29.8 Å². The Kier molecular flexibility index (Phi) is 6.27. The maximum Gasteiger partial charge on any atom is 0.215 e. The molecule has 0 radical (unpaired) electrons. The number of nitrogen functional groups attached to an aromatic ring is 1. The normalized spacial score (nSPS) is 13.4. The minimum absolute atomic E-state index is 0.102. The largest absolute Gasteiger partial charge is 0.398 e. The number of sulfonamides is 1. The first-order valence-corrected chi connectivity index (χ1v) is 8.01. The van der Waals surface area contributed by atoms with Crippen molar-refractivity contribution in [2.45, 2.75) is 25.5 Å². The molecule has 0 heterocycles. The summed E-state index contributed by atoms with van der Waals surface area (Å²) in [5.41, 5.74) is 6.82. The number of nitrogens with one attached hydrogen (secondary N) is 1. The molecule has 5 nitrogen and oxygen atoms in total. The van der Waals surface area contributed by atoms with Gasteiger partial charge in [0.1, 0.15) is 0 Å². The third kappa shape index (κ3) is 6.04. The SMILES string of the molecule is CC(CO)CCCNS(=O)(=O)Cc1ccccc1N. The van der Waals surface area contributed by atoms with Crippen LogP contribution in [0.15, 0.2) is 24.3 Å². The Hall–Kier alpha value is -1.11. The maximum atomic E-state index is 11.9. The van der Waals surface area contributed by atoms with Gasteiger partial charge in [-0.1, -0.05) is 25.1 Å². The van der Waals surface area contributed by atoms with Gasteiger partial charge in [0.2, 0.25) is 10.0 Å². The van der Waals surface area contributed by atoms with Gasteiger partial charge in [-0.25, -0.2) is 13.1 Å². The summed E-state index contributed by atoms with van der Waals surface area (Å²) in [5, 5.41) is 8.87. The highest BCUT2D eigenvalue weighted by molar-refractivity contribution is 7.88. The molecule has 0 aromatic heterocycles. The molecule has 0 aliphatic rings. The van der Waals surface area contributed by atoms with Crippen molar-refractivity contribution in [2.75, 3.05) is 18.9 Å². The third-order valence-corrected chi connectivity index (χ3v) is 4.24. The van der Waals surface area contributed by atoms with Gasteiger partial charge >= 0.3 is 0 Å². The molecular weight excluding hydrogens is 264 g/mol. The maximum absolute atomic E-state index is 11.9. The van der Waals surface area contributed by atoms with Crippen molar-refractivity contribution >= 4 is 15.7 Å². The van der Waals surface area contributed by atoms with Gasteiger partial charge in [0.25, 0.3) is 0 Å².